The Kier molecular flexibility index (Phi) is 4.75. The highest BCUT2D eigenvalue weighted by atomic mass is 32.1. The van der Waals surface area contributed by atoms with Gasteiger partial charge in [-0.05, 0) is 36.1 Å². The van der Waals surface area contributed by atoms with E-state index in [1.165, 1.54) is 11.3 Å². The molecule has 0 fully saturated rings. The molecule has 0 unspecified atom stereocenters. The fourth-order valence-corrected chi connectivity index (χ4v) is 2.62. The van der Waals surface area contributed by atoms with Gasteiger partial charge in [0.2, 0.25) is 0 Å². The lowest BCUT2D eigenvalue weighted by atomic mass is 10.1. The molecule has 21 heavy (non-hydrogen) atoms. The molecule has 1 aromatic carbocycles. The third-order valence-electron chi connectivity index (χ3n) is 2.84. The molecule has 0 aliphatic rings. The number of nitrogens with one attached hydrogen (secondary N) is 2. The highest BCUT2D eigenvalue weighted by Gasteiger charge is 2.15. The molecule has 1 aromatic heterocycles. The predicted octanol–water partition coefficient (Wildman–Crippen LogP) is 2.67. The van der Waals surface area contributed by atoms with Crippen molar-refractivity contribution in [2.24, 2.45) is 0 Å². The molecule has 2 amide bonds. The zero-order chi connectivity index (χ0) is 15.2. The fourth-order valence-electron chi connectivity index (χ4n) is 1.80. The molecule has 0 saturated heterocycles. The number of para-hydroxylation sites is 1. The summed E-state index contributed by atoms with van der Waals surface area (Å²) in [6.45, 7) is 2.02. The van der Waals surface area contributed by atoms with E-state index in [2.05, 4.69) is 16.6 Å². The lowest BCUT2D eigenvalue weighted by molar-refractivity contribution is 0.0959. The van der Waals surface area contributed by atoms with Crippen molar-refractivity contribution in [1.29, 1.82) is 0 Å². The van der Waals surface area contributed by atoms with Crippen LogP contribution in [0.25, 0.3) is 0 Å². The first-order valence-electron chi connectivity index (χ1n) is 6.29. The zero-order valence-electron chi connectivity index (χ0n) is 11.5. The summed E-state index contributed by atoms with van der Waals surface area (Å²) in [5.74, 6) is 1.81. The lowest BCUT2D eigenvalue weighted by Crippen LogP contribution is -2.25. The SMILES string of the molecule is C#CCNC(=O)c1ccccc1NC(=O)c1sccc1C. The summed E-state index contributed by atoms with van der Waals surface area (Å²) in [5.41, 5.74) is 1.76. The van der Waals surface area contributed by atoms with Crippen molar-refractivity contribution in [3.8, 4) is 12.3 Å². The van der Waals surface area contributed by atoms with Crippen LogP contribution in [0, 0.1) is 19.3 Å². The summed E-state index contributed by atoms with van der Waals surface area (Å²) in [6, 6.07) is 8.70. The van der Waals surface area contributed by atoms with Gasteiger partial charge >= 0.3 is 0 Å². The van der Waals surface area contributed by atoms with Crippen LogP contribution in [0.1, 0.15) is 25.6 Å². The topological polar surface area (TPSA) is 58.2 Å². The molecule has 0 aliphatic carbocycles. The maximum atomic E-state index is 12.2. The zero-order valence-corrected chi connectivity index (χ0v) is 12.3. The van der Waals surface area contributed by atoms with Gasteiger partial charge in [-0.15, -0.1) is 17.8 Å². The van der Waals surface area contributed by atoms with Crippen LogP contribution in [0.4, 0.5) is 5.69 Å². The van der Waals surface area contributed by atoms with E-state index in [0.29, 0.717) is 16.1 Å². The van der Waals surface area contributed by atoms with E-state index in [-0.39, 0.29) is 18.4 Å². The largest absolute Gasteiger partial charge is 0.341 e. The average Bonchev–Trinajstić information content (AvgIpc) is 2.91. The number of terminal acetylenes is 1. The van der Waals surface area contributed by atoms with Gasteiger partial charge in [0.25, 0.3) is 11.8 Å². The maximum Gasteiger partial charge on any atom is 0.266 e. The van der Waals surface area contributed by atoms with Crippen molar-refractivity contribution in [1.82, 2.24) is 5.32 Å². The number of benzene rings is 1. The number of rotatable bonds is 4. The van der Waals surface area contributed by atoms with E-state index >= 15 is 0 Å². The number of carbonyl (C=O) groups is 2. The van der Waals surface area contributed by atoms with Crippen LogP contribution in [0.15, 0.2) is 35.7 Å². The van der Waals surface area contributed by atoms with Crippen LogP contribution in [0.5, 0.6) is 0 Å². The highest BCUT2D eigenvalue weighted by Crippen LogP contribution is 2.20. The van der Waals surface area contributed by atoms with Crippen LogP contribution in [-0.4, -0.2) is 18.4 Å². The van der Waals surface area contributed by atoms with Gasteiger partial charge in [-0.1, -0.05) is 18.1 Å². The van der Waals surface area contributed by atoms with Crippen LogP contribution in [0.2, 0.25) is 0 Å². The van der Waals surface area contributed by atoms with E-state index in [0.717, 1.165) is 5.56 Å². The molecular weight excluding hydrogens is 284 g/mol. The van der Waals surface area contributed by atoms with E-state index in [1.54, 1.807) is 24.3 Å². The third kappa shape index (κ3) is 3.50. The standard InChI is InChI=1S/C16H14N2O2S/c1-3-9-17-15(19)12-6-4-5-7-13(12)18-16(20)14-11(2)8-10-21-14/h1,4-8,10H,9H2,2H3,(H,17,19)(H,18,20). The van der Waals surface area contributed by atoms with Crippen molar-refractivity contribution < 1.29 is 9.59 Å². The molecule has 2 rings (SSSR count). The number of carbonyl (C=O) groups excluding carboxylic acids is 2. The molecule has 0 saturated carbocycles. The minimum Gasteiger partial charge on any atom is -0.341 e. The normalized spacial score (nSPS) is 9.71. The molecule has 0 aliphatic heterocycles. The first-order chi connectivity index (χ1) is 10.1. The van der Waals surface area contributed by atoms with Crippen LogP contribution in [-0.2, 0) is 0 Å². The number of hydrogen-bond acceptors (Lipinski definition) is 3. The molecule has 106 valence electrons. The molecule has 0 bridgehead atoms. The summed E-state index contributed by atoms with van der Waals surface area (Å²) in [5, 5.41) is 7.21. The van der Waals surface area contributed by atoms with Gasteiger partial charge in [-0.3, -0.25) is 9.59 Å². The minimum atomic E-state index is -0.313. The second kappa shape index (κ2) is 6.73. The highest BCUT2D eigenvalue weighted by molar-refractivity contribution is 7.12. The van der Waals surface area contributed by atoms with Crippen molar-refractivity contribution >= 4 is 28.8 Å². The lowest BCUT2D eigenvalue weighted by Gasteiger charge is -2.10. The molecule has 1 heterocycles. The molecule has 2 N–H and O–H groups in total. The predicted molar refractivity (Wildman–Crippen MR) is 84.6 cm³/mol. The van der Waals surface area contributed by atoms with Gasteiger partial charge in [0.05, 0.1) is 22.7 Å². The maximum absolute atomic E-state index is 12.2. The minimum absolute atomic E-state index is 0.144. The van der Waals surface area contributed by atoms with Crippen molar-refractivity contribution in [2.75, 3.05) is 11.9 Å². The Hall–Kier alpha value is -2.58. The van der Waals surface area contributed by atoms with Gasteiger partial charge in [0.15, 0.2) is 0 Å². The smallest absolute Gasteiger partial charge is 0.266 e. The van der Waals surface area contributed by atoms with E-state index < -0.39 is 0 Å². The van der Waals surface area contributed by atoms with Crippen LogP contribution < -0.4 is 10.6 Å². The third-order valence-corrected chi connectivity index (χ3v) is 3.85. The van der Waals surface area contributed by atoms with E-state index in [4.69, 9.17) is 6.42 Å². The van der Waals surface area contributed by atoms with Crippen LogP contribution >= 0.6 is 11.3 Å². The van der Waals surface area contributed by atoms with Gasteiger partial charge in [0.1, 0.15) is 0 Å². The summed E-state index contributed by atoms with van der Waals surface area (Å²) < 4.78 is 0. The number of amides is 2. The summed E-state index contributed by atoms with van der Waals surface area (Å²) in [7, 11) is 0. The Morgan fingerprint density at radius 1 is 1.24 bits per heavy atom. The van der Waals surface area contributed by atoms with E-state index in [9.17, 15) is 9.59 Å². The number of hydrogen-bond donors (Lipinski definition) is 2. The van der Waals surface area contributed by atoms with Crippen molar-refractivity contribution in [3.05, 3.63) is 51.7 Å². The first-order valence-corrected chi connectivity index (χ1v) is 7.17. The monoisotopic (exact) mass is 298 g/mol. The van der Waals surface area contributed by atoms with Gasteiger partial charge in [-0.25, -0.2) is 0 Å². The fraction of sp³-hybridized carbons (Fsp3) is 0.125. The number of thiophene rings is 1. The van der Waals surface area contributed by atoms with Gasteiger partial charge in [-0.2, -0.15) is 0 Å². The molecule has 0 radical (unpaired) electrons. The molecular formula is C16H14N2O2S. The molecule has 5 heteroatoms. The first kappa shape index (κ1) is 14.8. The molecule has 0 atom stereocenters. The second-order valence-corrected chi connectivity index (χ2v) is 5.24. The Bertz CT molecular complexity index is 713. The number of aryl methyl sites for hydroxylation is 1. The summed E-state index contributed by atoms with van der Waals surface area (Å²) >= 11 is 1.37. The van der Waals surface area contributed by atoms with E-state index in [1.807, 2.05) is 18.4 Å². The van der Waals surface area contributed by atoms with Crippen molar-refractivity contribution in [3.63, 3.8) is 0 Å². The Labute approximate surface area is 127 Å². The van der Waals surface area contributed by atoms with Gasteiger partial charge < -0.3 is 10.6 Å². The molecule has 0 spiro atoms. The van der Waals surface area contributed by atoms with Crippen LogP contribution in [0.3, 0.4) is 0 Å². The quantitative estimate of drug-likeness (QED) is 0.853. The average molecular weight is 298 g/mol. The molecule has 4 nitrogen and oxygen atoms in total. The van der Waals surface area contributed by atoms with Crippen molar-refractivity contribution in [2.45, 2.75) is 6.92 Å². The second-order valence-electron chi connectivity index (χ2n) is 4.32. The Morgan fingerprint density at radius 2 is 2.00 bits per heavy atom. The number of anilines is 1. The Morgan fingerprint density at radius 3 is 2.67 bits per heavy atom. The summed E-state index contributed by atoms with van der Waals surface area (Å²) in [4.78, 5) is 24.9. The van der Waals surface area contributed by atoms with Gasteiger partial charge in [0, 0.05) is 0 Å². The Balaban J connectivity index is 2.21. The molecule has 2 aromatic rings. The summed E-state index contributed by atoms with van der Waals surface area (Å²) in [6.07, 6.45) is 5.12.